The topological polar surface area (TPSA) is 120 Å². The van der Waals surface area contributed by atoms with Crippen molar-refractivity contribution < 1.29 is 42.9 Å². The standard InChI is InChI=1S/C32H39N4O8/c1-31(2,3)42-29(39)26(44-36-27(37)23-10-8-9-11-24(23)28(36)38)19-41-22-12-13-25-20(16-22)17-35(33(25)7)21-14-15-34(18-21)30(40)43-32(4,5)6/h8-13,16-17,21,26H,14-15,18-19H2,1-7H3/q+1/t21-,26?/m1/s1. The van der Waals surface area contributed by atoms with Gasteiger partial charge in [-0.25, -0.2) is 14.4 Å². The second-order valence-electron chi connectivity index (χ2n) is 13.0. The number of esters is 1. The van der Waals surface area contributed by atoms with E-state index in [4.69, 9.17) is 19.0 Å². The van der Waals surface area contributed by atoms with Gasteiger partial charge in [0.2, 0.25) is 11.6 Å². The van der Waals surface area contributed by atoms with Crippen LogP contribution in [0, 0.1) is 0 Å². The SMILES string of the molecule is C[n+]1c2ccc(OCC(ON3C(=O)c4ccccc4C3=O)C(=O)OC(C)(C)C)cc2cn1[C@@H]1CCN(C(=O)OC(C)(C)C)C1. The van der Waals surface area contributed by atoms with Gasteiger partial charge in [0, 0.05) is 12.6 Å². The van der Waals surface area contributed by atoms with Crippen molar-refractivity contribution in [2.45, 2.75) is 71.3 Å². The van der Waals surface area contributed by atoms with Crippen LogP contribution in [0.3, 0.4) is 0 Å². The summed E-state index contributed by atoms with van der Waals surface area (Å²) >= 11 is 0. The van der Waals surface area contributed by atoms with Crippen LogP contribution in [0.25, 0.3) is 10.9 Å². The van der Waals surface area contributed by atoms with Crippen molar-refractivity contribution >= 4 is 34.8 Å². The zero-order valence-corrected chi connectivity index (χ0v) is 26.2. The first-order chi connectivity index (χ1) is 20.6. The number of aromatic nitrogens is 2. The lowest BCUT2D eigenvalue weighted by Crippen LogP contribution is -2.43. The van der Waals surface area contributed by atoms with Crippen LogP contribution in [0.5, 0.6) is 5.75 Å². The lowest BCUT2D eigenvalue weighted by Gasteiger charge is -2.25. The molecule has 2 atom stereocenters. The van der Waals surface area contributed by atoms with E-state index in [1.54, 1.807) is 43.9 Å². The molecule has 2 aromatic carbocycles. The summed E-state index contributed by atoms with van der Waals surface area (Å²) in [5.74, 6) is -1.64. The number of fused-ring (bicyclic) bond motifs is 2. The van der Waals surface area contributed by atoms with Crippen LogP contribution in [0.2, 0.25) is 0 Å². The van der Waals surface area contributed by atoms with E-state index < -0.39 is 35.1 Å². The summed E-state index contributed by atoms with van der Waals surface area (Å²) in [6, 6.07) is 11.9. The van der Waals surface area contributed by atoms with Crippen LogP contribution < -0.4 is 9.42 Å². The number of likely N-dealkylation sites (tertiary alicyclic amines) is 1. The van der Waals surface area contributed by atoms with Gasteiger partial charge in [-0.1, -0.05) is 12.1 Å². The minimum atomic E-state index is -1.40. The van der Waals surface area contributed by atoms with Crippen LogP contribution in [-0.2, 0) is 26.2 Å². The molecule has 2 aliphatic heterocycles. The predicted octanol–water partition coefficient (Wildman–Crippen LogP) is 3.96. The van der Waals surface area contributed by atoms with E-state index in [2.05, 4.69) is 4.68 Å². The number of rotatable bonds is 7. The Labute approximate surface area is 255 Å². The number of amides is 3. The third kappa shape index (κ3) is 6.54. The molecule has 2 aliphatic rings. The molecule has 0 aliphatic carbocycles. The fourth-order valence-electron chi connectivity index (χ4n) is 5.25. The van der Waals surface area contributed by atoms with E-state index in [1.807, 2.05) is 50.8 Å². The highest BCUT2D eigenvalue weighted by Crippen LogP contribution is 2.27. The van der Waals surface area contributed by atoms with Gasteiger partial charge in [0.25, 0.3) is 11.8 Å². The largest absolute Gasteiger partial charge is 0.490 e. The minimum absolute atomic E-state index is 0.0638. The maximum atomic E-state index is 13.1. The number of carbonyl (C=O) groups excluding carboxylic acids is 4. The number of ether oxygens (including phenoxy) is 3. The summed E-state index contributed by atoms with van der Waals surface area (Å²) in [5.41, 5.74) is -0.0622. The highest BCUT2D eigenvalue weighted by Gasteiger charge is 2.41. The maximum absolute atomic E-state index is 13.1. The number of imide groups is 1. The monoisotopic (exact) mass is 607 g/mol. The summed E-state index contributed by atoms with van der Waals surface area (Å²) in [6.45, 7) is 11.5. The lowest BCUT2D eigenvalue weighted by atomic mass is 10.1. The van der Waals surface area contributed by atoms with E-state index in [1.165, 1.54) is 12.1 Å². The Morgan fingerprint density at radius 2 is 1.59 bits per heavy atom. The maximum Gasteiger partial charge on any atom is 0.410 e. The van der Waals surface area contributed by atoms with Crippen molar-refractivity contribution in [3.63, 3.8) is 0 Å². The number of carbonyl (C=O) groups is 4. The molecule has 1 fully saturated rings. The summed E-state index contributed by atoms with van der Waals surface area (Å²) < 4.78 is 21.1. The van der Waals surface area contributed by atoms with E-state index in [-0.39, 0.29) is 29.9 Å². The zero-order valence-electron chi connectivity index (χ0n) is 26.2. The second kappa shape index (κ2) is 11.6. The van der Waals surface area contributed by atoms with Gasteiger partial charge in [0.1, 0.15) is 29.6 Å². The van der Waals surface area contributed by atoms with Crippen LogP contribution in [0.1, 0.15) is 74.7 Å². The number of benzene rings is 2. The van der Waals surface area contributed by atoms with Gasteiger partial charge in [0.15, 0.2) is 7.05 Å². The molecule has 3 heterocycles. The minimum Gasteiger partial charge on any atom is -0.490 e. The number of hydroxylamine groups is 2. The average molecular weight is 608 g/mol. The number of nitrogens with zero attached hydrogens (tertiary/aromatic N) is 4. The molecule has 44 heavy (non-hydrogen) atoms. The van der Waals surface area contributed by atoms with Crippen LogP contribution in [0.15, 0.2) is 48.7 Å². The lowest BCUT2D eigenvalue weighted by molar-refractivity contribution is -0.733. The molecule has 234 valence electrons. The zero-order chi connectivity index (χ0) is 32.0. The quantitative estimate of drug-likeness (QED) is 0.225. The van der Waals surface area contributed by atoms with Gasteiger partial charge in [-0.3, -0.25) is 9.59 Å². The van der Waals surface area contributed by atoms with E-state index >= 15 is 0 Å². The molecule has 0 N–H and O–H groups in total. The fraction of sp³-hybridized carbons (Fsp3) is 0.469. The van der Waals surface area contributed by atoms with Gasteiger partial charge in [-0.15, -0.1) is 9.75 Å². The molecule has 1 aromatic heterocycles. The second-order valence-corrected chi connectivity index (χ2v) is 13.0. The number of hydrogen-bond donors (Lipinski definition) is 0. The Bertz CT molecular complexity index is 1580. The van der Waals surface area contributed by atoms with Crippen molar-refractivity contribution in [2.75, 3.05) is 19.7 Å². The first-order valence-corrected chi connectivity index (χ1v) is 14.6. The summed E-state index contributed by atoms with van der Waals surface area (Å²) in [4.78, 5) is 58.8. The third-order valence-corrected chi connectivity index (χ3v) is 7.22. The first kappa shape index (κ1) is 31.0. The van der Waals surface area contributed by atoms with Crippen molar-refractivity contribution in [3.8, 4) is 5.75 Å². The molecular weight excluding hydrogens is 568 g/mol. The third-order valence-electron chi connectivity index (χ3n) is 7.22. The smallest absolute Gasteiger partial charge is 0.410 e. The van der Waals surface area contributed by atoms with Crippen LogP contribution in [-0.4, -0.2) is 75.5 Å². The average Bonchev–Trinajstić information content (AvgIpc) is 3.61. The summed E-state index contributed by atoms with van der Waals surface area (Å²) in [7, 11) is 1.95. The fourth-order valence-corrected chi connectivity index (χ4v) is 5.25. The molecule has 0 saturated carbocycles. The number of aryl methyl sites for hydroxylation is 1. The molecule has 12 heteroatoms. The van der Waals surface area contributed by atoms with Gasteiger partial charge in [0.05, 0.1) is 29.3 Å². The highest BCUT2D eigenvalue weighted by atomic mass is 16.7. The van der Waals surface area contributed by atoms with Gasteiger partial charge in [-0.05, 0) is 72.2 Å². The molecule has 0 bridgehead atoms. The van der Waals surface area contributed by atoms with Crippen molar-refractivity contribution in [2.24, 2.45) is 7.05 Å². The van der Waals surface area contributed by atoms with Crippen LogP contribution in [0.4, 0.5) is 4.79 Å². The summed E-state index contributed by atoms with van der Waals surface area (Å²) in [5, 5.41) is 1.48. The van der Waals surface area contributed by atoms with Gasteiger partial charge >= 0.3 is 12.1 Å². The first-order valence-electron chi connectivity index (χ1n) is 14.6. The predicted molar refractivity (Wildman–Crippen MR) is 158 cm³/mol. The molecule has 0 radical (unpaired) electrons. The molecule has 3 aromatic rings. The molecule has 5 rings (SSSR count). The molecular formula is C32H39N4O8+. The Kier molecular flexibility index (Phi) is 8.15. The summed E-state index contributed by atoms with van der Waals surface area (Å²) in [6.07, 6.45) is 1.05. The van der Waals surface area contributed by atoms with Crippen LogP contribution >= 0.6 is 0 Å². The van der Waals surface area contributed by atoms with Crippen molar-refractivity contribution in [1.29, 1.82) is 0 Å². The Balaban J connectivity index is 1.31. The Morgan fingerprint density at radius 3 is 2.20 bits per heavy atom. The van der Waals surface area contributed by atoms with Crippen molar-refractivity contribution in [1.82, 2.24) is 14.6 Å². The van der Waals surface area contributed by atoms with E-state index in [9.17, 15) is 19.2 Å². The van der Waals surface area contributed by atoms with E-state index in [0.29, 0.717) is 23.9 Å². The molecule has 12 nitrogen and oxygen atoms in total. The van der Waals surface area contributed by atoms with E-state index in [0.717, 1.165) is 17.3 Å². The molecule has 3 amide bonds. The highest BCUT2D eigenvalue weighted by molar-refractivity contribution is 6.20. The van der Waals surface area contributed by atoms with Gasteiger partial charge in [-0.2, -0.15) is 4.68 Å². The normalized spacial score (nSPS) is 17.7. The Morgan fingerprint density at radius 1 is 0.955 bits per heavy atom. The number of hydrogen-bond acceptors (Lipinski definition) is 8. The molecule has 1 unspecified atom stereocenters. The molecule has 0 spiro atoms. The van der Waals surface area contributed by atoms with Gasteiger partial charge < -0.3 is 19.1 Å². The Hall–Kier alpha value is -4.45. The molecule has 1 saturated heterocycles. The van der Waals surface area contributed by atoms with Crippen molar-refractivity contribution in [3.05, 3.63) is 59.8 Å².